The molecule has 0 fully saturated rings. The summed E-state index contributed by atoms with van der Waals surface area (Å²) < 4.78 is 66.2. The second-order valence-corrected chi connectivity index (χ2v) is 8.76. The molecule has 0 aromatic heterocycles. The van der Waals surface area contributed by atoms with Gasteiger partial charge in [-0.25, -0.2) is 25.9 Å². The number of anilines is 1. The topological polar surface area (TPSA) is 92.3 Å². The van der Waals surface area contributed by atoms with Gasteiger partial charge in [-0.2, -0.15) is 0 Å². The quantitative estimate of drug-likeness (QED) is 0.814. The fourth-order valence-electron chi connectivity index (χ4n) is 1.93. The average molecular weight is 372 g/mol. The van der Waals surface area contributed by atoms with Crippen molar-refractivity contribution < 1.29 is 21.2 Å². The van der Waals surface area contributed by atoms with Crippen LogP contribution in [-0.2, 0) is 20.0 Å². The summed E-state index contributed by atoms with van der Waals surface area (Å²) in [4.78, 5) is -0.203. The maximum Gasteiger partial charge on any atom is 0.261 e. The van der Waals surface area contributed by atoms with Crippen LogP contribution in [0.5, 0.6) is 0 Å². The Bertz CT molecular complexity index is 924. The molecule has 2 aromatic rings. The van der Waals surface area contributed by atoms with Gasteiger partial charge in [-0.05, 0) is 56.3 Å². The van der Waals surface area contributed by atoms with Crippen LogP contribution in [0.4, 0.5) is 10.1 Å². The predicted octanol–water partition coefficient (Wildman–Crippen LogP) is 2.31. The third-order valence-corrected chi connectivity index (χ3v) is 5.97. The molecular weight excluding hydrogens is 355 g/mol. The smallest absolute Gasteiger partial charge is 0.261 e. The molecule has 0 saturated carbocycles. The second-order valence-electron chi connectivity index (χ2n) is 5.36. The Morgan fingerprint density at radius 2 is 1.50 bits per heavy atom. The number of rotatable bonds is 6. The van der Waals surface area contributed by atoms with E-state index in [-0.39, 0.29) is 21.5 Å². The summed E-state index contributed by atoms with van der Waals surface area (Å²) in [6.07, 6.45) is 0. The third kappa shape index (κ3) is 4.53. The SMILES string of the molecule is CC(C)NS(=O)(=O)c1ccc(NS(=O)(=O)c2cccc(F)c2)cc1. The third-order valence-electron chi connectivity index (χ3n) is 2.91. The molecule has 0 saturated heterocycles. The van der Waals surface area contributed by atoms with Crippen LogP contribution in [0, 0.1) is 5.82 Å². The van der Waals surface area contributed by atoms with E-state index in [1.54, 1.807) is 13.8 Å². The molecule has 0 aliphatic heterocycles. The minimum Gasteiger partial charge on any atom is -0.280 e. The van der Waals surface area contributed by atoms with Crippen LogP contribution >= 0.6 is 0 Å². The summed E-state index contributed by atoms with van der Waals surface area (Å²) in [6.45, 7) is 3.39. The maximum absolute atomic E-state index is 13.2. The number of hydrogen-bond donors (Lipinski definition) is 2. The average Bonchev–Trinajstić information content (AvgIpc) is 2.46. The minimum atomic E-state index is -3.96. The number of sulfonamides is 2. The van der Waals surface area contributed by atoms with Gasteiger partial charge in [-0.15, -0.1) is 0 Å². The van der Waals surface area contributed by atoms with Gasteiger partial charge in [0.25, 0.3) is 10.0 Å². The molecule has 0 spiro atoms. The van der Waals surface area contributed by atoms with Gasteiger partial charge in [0.2, 0.25) is 10.0 Å². The Hall–Kier alpha value is -1.97. The summed E-state index contributed by atoms with van der Waals surface area (Å²) in [5.74, 6) is -0.668. The molecule has 0 aliphatic carbocycles. The molecule has 0 amide bonds. The Morgan fingerprint density at radius 1 is 0.875 bits per heavy atom. The van der Waals surface area contributed by atoms with Crippen LogP contribution in [-0.4, -0.2) is 22.9 Å². The van der Waals surface area contributed by atoms with Crippen molar-refractivity contribution in [3.05, 3.63) is 54.3 Å². The monoisotopic (exact) mass is 372 g/mol. The minimum absolute atomic E-state index is 0.0184. The normalized spacial score (nSPS) is 12.3. The fourth-order valence-corrected chi connectivity index (χ4v) is 4.27. The summed E-state index contributed by atoms with van der Waals surface area (Å²) in [5.41, 5.74) is 0.169. The van der Waals surface area contributed by atoms with Crippen LogP contribution in [0.25, 0.3) is 0 Å². The Balaban J connectivity index is 2.23. The lowest BCUT2D eigenvalue weighted by atomic mass is 10.3. The van der Waals surface area contributed by atoms with Crippen molar-refractivity contribution in [1.29, 1.82) is 0 Å². The highest BCUT2D eigenvalue weighted by molar-refractivity contribution is 7.92. The van der Waals surface area contributed by atoms with Crippen molar-refractivity contribution in [2.24, 2.45) is 0 Å². The van der Waals surface area contributed by atoms with Gasteiger partial charge in [0.1, 0.15) is 5.82 Å². The number of benzene rings is 2. The van der Waals surface area contributed by atoms with Crippen molar-refractivity contribution >= 4 is 25.7 Å². The highest BCUT2D eigenvalue weighted by Gasteiger charge is 2.17. The lowest BCUT2D eigenvalue weighted by molar-refractivity contribution is 0.570. The maximum atomic E-state index is 13.2. The molecule has 0 aliphatic rings. The second kappa shape index (κ2) is 6.88. The molecule has 2 rings (SSSR count). The van der Waals surface area contributed by atoms with E-state index < -0.39 is 25.9 Å². The van der Waals surface area contributed by atoms with Crippen molar-refractivity contribution in [1.82, 2.24) is 4.72 Å². The molecule has 130 valence electrons. The Kier molecular flexibility index (Phi) is 5.26. The van der Waals surface area contributed by atoms with E-state index in [2.05, 4.69) is 9.44 Å². The fraction of sp³-hybridized carbons (Fsp3) is 0.200. The summed E-state index contributed by atoms with van der Waals surface area (Å²) in [5, 5.41) is 0. The van der Waals surface area contributed by atoms with E-state index in [1.807, 2.05) is 0 Å². The zero-order valence-corrected chi connectivity index (χ0v) is 14.7. The molecule has 2 N–H and O–H groups in total. The molecule has 0 unspecified atom stereocenters. The van der Waals surface area contributed by atoms with Gasteiger partial charge in [-0.1, -0.05) is 6.07 Å². The predicted molar refractivity (Wildman–Crippen MR) is 89.1 cm³/mol. The van der Waals surface area contributed by atoms with Crippen molar-refractivity contribution in [3.8, 4) is 0 Å². The molecule has 0 radical (unpaired) electrons. The highest BCUT2D eigenvalue weighted by atomic mass is 32.2. The molecule has 0 bridgehead atoms. The van der Waals surface area contributed by atoms with Gasteiger partial charge < -0.3 is 0 Å². The Morgan fingerprint density at radius 3 is 2.04 bits per heavy atom. The lowest BCUT2D eigenvalue weighted by Crippen LogP contribution is -2.30. The van der Waals surface area contributed by atoms with E-state index in [4.69, 9.17) is 0 Å². The molecule has 0 heterocycles. The highest BCUT2D eigenvalue weighted by Crippen LogP contribution is 2.19. The van der Waals surface area contributed by atoms with Crippen molar-refractivity contribution in [2.45, 2.75) is 29.7 Å². The Labute approximate surface area is 140 Å². The van der Waals surface area contributed by atoms with Crippen LogP contribution in [0.3, 0.4) is 0 Å². The van der Waals surface area contributed by atoms with E-state index in [1.165, 1.54) is 36.4 Å². The number of nitrogens with one attached hydrogen (secondary N) is 2. The zero-order valence-electron chi connectivity index (χ0n) is 13.0. The van der Waals surface area contributed by atoms with Crippen LogP contribution in [0.2, 0.25) is 0 Å². The van der Waals surface area contributed by atoms with Crippen LogP contribution in [0.15, 0.2) is 58.3 Å². The van der Waals surface area contributed by atoms with Crippen LogP contribution < -0.4 is 9.44 Å². The number of hydrogen-bond acceptors (Lipinski definition) is 4. The molecule has 6 nitrogen and oxygen atoms in total. The molecular formula is C15H17FN2O4S2. The lowest BCUT2D eigenvalue weighted by Gasteiger charge is -2.11. The molecule has 9 heteroatoms. The summed E-state index contributed by atoms with van der Waals surface area (Å²) >= 11 is 0. The van der Waals surface area contributed by atoms with Gasteiger partial charge in [-0.3, -0.25) is 4.72 Å². The van der Waals surface area contributed by atoms with Gasteiger partial charge in [0.05, 0.1) is 9.79 Å². The van der Waals surface area contributed by atoms with Gasteiger partial charge >= 0.3 is 0 Å². The van der Waals surface area contributed by atoms with E-state index in [0.717, 1.165) is 12.1 Å². The van der Waals surface area contributed by atoms with Gasteiger partial charge in [0.15, 0.2) is 0 Å². The summed E-state index contributed by atoms with van der Waals surface area (Å²) in [6, 6.07) is 9.54. The number of halogens is 1. The van der Waals surface area contributed by atoms with E-state index in [9.17, 15) is 21.2 Å². The van der Waals surface area contributed by atoms with Crippen LogP contribution in [0.1, 0.15) is 13.8 Å². The first kappa shape index (κ1) is 18.4. The largest absolute Gasteiger partial charge is 0.280 e. The van der Waals surface area contributed by atoms with Crippen molar-refractivity contribution in [2.75, 3.05) is 4.72 Å². The van der Waals surface area contributed by atoms with E-state index in [0.29, 0.717) is 0 Å². The van der Waals surface area contributed by atoms with Gasteiger partial charge in [0, 0.05) is 11.7 Å². The first-order valence-electron chi connectivity index (χ1n) is 7.01. The first-order chi connectivity index (χ1) is 11.1. The van der Waals surface area contributed by atoms with Crippen molar-refractivity contribution in [3.63, 3.8) is 0 Å². The molecule has 2 aromatic carbocycles. The van der Waals surface area contributed by atoms with E-state index >= 15 is 0 Å². The first-order valence-corrected chi connectivity index (χ1v) is 9.97. The summed E-state index contributed by atoms with van der Waals surface area (Å²) in [7, 11) is -7.61. The standard InChI is InChI=1S/C15H17FN2O4S2/c1-11(2)17-23(19,20)14-8-6-13(7-9-14)18-24(21,22)15-5-3-4-12(16)10-15/h3-11,17-18H,1-2H3. The zero-order chi connectivity index (χ0) is 18.0. The molecule has 24 heavy (non-hydrogen) atoms. The molecule has 0 atom stereocenters.